The molecule has 1 atom stereocenters. The lowest BCUT2D eigenvalue weighted by Gasteiger charge is -2.24. The lowest BCUT2D eigenvalue weighted by molar-refractivity contribution is -0.139. The van der Waals surface area contributed by atoms with Crippen molar-refractivity contribution in [3.8, 4) is 11.5 Å². The highest BCUT2D eigenvalue weighted by atomic mass is 32.1. The van der Waals surface area contributed by atoms with Crippen LogP contribution in [0.5, 0.6) is 11.5 Å². The van der Waals surface area contributed by atoms with Crippen molar-refractivity contribution in [1.82, 2.24) is 4.57 Å². The van der Waals surface area contributed by atoms with Crippen molar-refractivity contribution < 1.29 is 23.8 Å². The lowest BCUT2D eigenvalue weighted by atomic mass is 9.95. The maximum absolute atomic E-state index is 14.4. The van der Waals surface area contributed by atoms with E-state index in [4.69, 9.17) is 14.2 Å². The quantitative estimate of drug-likeness (QED) is 0.336. The largest absolute Gasteiger partial charge is 0.463 e. The molecule has 0 fully saturated rings. The summed E-state index contributed by atoms with van der Waals surface area (Å²) < 4.78 is 18.2. The number of para-hydroxylation sites is 1. The van der Waals surface area contributed by atoms with E-state index >= 15 is 0 Å². The summed E-state index contributed by atoms with van der Waals surface area (Å²) in [5.41, 5.74) is 3.65. The zero-order valence-electron chi connectivity index (χ0n) is 22.8. The molecule has 10 heteroatoms. The van der Waals surface area contributed by atoms with Gasteiger partial charge in [-0.25, -0.2) is 9.79 Å². The molecule has 9 nitrogen and oxygen atoms in total. The molecule has 4 heterocycles. The van der Waals surface area contributed by atoms with E-state index in [1.54, 1.807) is 36.9 Å². The van der Waals surface area contributed by atoms with Crippen LogP contribution in [0.1, 0.15) is 36.6 Å². The molecule has 3 aliphatic heterocycles. The van der Waals surface area contributed by atoms with E-state index in [0.29, 0.717) is 45.2 Å². The number of esters is 1. The van der Waals surface area contributed by atoms with E-state index in [0.717, 1.165) is 22.6 Å². The highest BCUT2D eigenvalue weighted by Gasteiger charge is 2.37. The van der Waals surface area contributed by atoms with E-state index in [-0.39, 0.29) is 29.4 Å². The number of benzene rings is 3. The molecule has 3 aromatic carbocycles. The Morgan fingerprint density at radius 1 is 1.02 bits per heavy atom. The van der Waals surface area contributed by atoms with Gasteiger partial charge in [-0.05, 0) is 43.2 Å². The number of carbonyl (C=O) groups excluding carboxylic acids is 2. The Morgan fingerprint density at radius 3 is 2.60 bits per heavy atom. The van der Waals surface area contributed by atoms with Crippen LogP contribution < -0.4 is 29.3 Å². The number of thiazole rings is 1. The molecular weight excluding hydrogens is 554 g/mol. The molecule has 0 aliphatic carbocycles. The average Bonchev–Trinajstić information content (AvgIpc) is 3.67. The second kappa shape index (κ2) is 10.1. The molecule has 0 unspecified atom stereocenters. The van der Waals surface area contributed by atoms with Crippen molar-refractivity contribution in [1.29, 1.82) is 0 Å². The van der Waals surface area contributed by atoms with Gasteiger partial charge in [0.15, 0.2) is 16.3 Å². The fourth-order valence-corrected chi connectivity index (χ4v) is 6.80. The fourth-order valence-electron chi connectivity index (χ4n) is 5.66. The van der Waals surface area contributed by atoms with E-state index in [2.05, 4.69) is 4.99 Å². The molecule has 7 rings (SSSR count). The van der Waals surface area contributed by atoms with Crippen LogP contribution in [0.25, 0.3) is 5.57 Å². The average molecular weight is 580 g/mol. The fraction of sp³-hybridized carbons (Fsp3) is 0.188. The van der Waals surface area contributed by atoms with Crippen molar-refractivity contribution in [2.75, 3.05) is 18.3 Å². The third-order valence-electron chi connectivity index (χ3n) is 7.54. The van der Waals surface area contributed by atoms with Crippen molar-refractivity contribution >= 4 is 34.5 Å². The van der Waals surface area contributed by atoms with Crippen LogP contribution in [-0.2, 0) is 20.9 Å². The molecule has 0 saturated heterocycles. The summed E-state index contributed by atoms with van der Waals surface area (Å²) in [6.07, 6.45) is 0. The minimum atomic E-state index is -0.837. The number of amides is 1. The first-order valence-corrected chi connectivity index (χ1v) is 14.3. The Kier molecular flexibility index (Phi) is 6.27. The van der Waals surface area contributed by atoms with Gasteiger partial charge in [-0.3, -0.25) is 14.2 Å². The van der Waals surface area contributed by atoms with Crippen LogP contribution in [-0.4, -0.2) is 29.8 Å². The summed E-state index contributed by atoms with van der Waals surface area (Å²) in [5, 5.41) is 0. The van der Waals surface area contributed by atoms with Crippen LogP contribution in [0.15, 0.2) is 93.9 Å². The number of aromatic nitrogens is 1. The minimum Gasteiger partial charge on any atom is -0.463 e. The number of hydrogen-bond acceptors (Lipinski definition) is 8. The second-order valence-corrected chi connectivity index (χ2v) is 11.0. The topological polar surface area (TPSA) is 99.4 Å². The van der Waals surface area contributed by atoms with Gasteiger partial charge in [0.1, 0.15) is 4.53 Å². The van der Waals surface area contributed by atoms with Crippen LogP contribution in [0.3, 0.4) is 0 Å². The van der Waals surface area contributed by atoms with Gasteiger partial charge in [-0.15, -0.1) is 0 Å². The van der Waals surface area contributed by atoms with Crippen molar-refractivity contribution in [3.63, 3.8) is 0 Å². The number of carbonyl (C=O) groups is 2. The van der Waals surface area contributed by atoms with Gasteiger partial charge in [0.05, 0.1) is 41.7 Å². The van der Waals surface area contributed by atoms with Gasteiger partial charge in [-0.2, -0.15) is 0 Å². The summed E-state index contributed by atoms with van der Waals surface area (Å²) in [7, 11) is 0. The Labute approximate surface area is 244 Å². The summed E-state index contributed by atoms with van der Waals surface area (Å²) >= 11 is 1.15. The standard InChI is InChI=1S/C32H25N3O6S/c1-3-39-31(38)25-18(2)33-32-35(27(25)20-13-14-23-24(15-20)41-17-40-23)30(37)28(42-32)26-21-11-7-8-12-22(21)34(29(26)36)16-19-9-5-4-6-10-19/h4-15,27H,3,16-17H2,1-2H3/b28-26-/t27-/m0/s1. The number of rotatable bonds is 5. The monoisotopic (exact) mass is 579 g/mol. The van der Waals surface area contributed by atoms with E-state index < -0.39 is 17.6 Å². The number of nitrogens with zero attached hydrogens (tertiary/aromatic N) is 3. The zero-order valence-corrected chi connectivity index (χ0v) is 23.6. The minimum absolute atomic E-state index is 0.0888. The molecule has 4 aromatic rings. The molecule has 0 spiro atoms. The Hall–Kier alpha value is -4.96. The normalized spacial score (nSPS) is 18.1. The van der Waals surface area contributed by atoms with Gasteiger partial charge < -0.3 is 19.1 Å². The van der Waals surface area contributed by atoms with Gasteiger partial charge in [0.25, 0.3) is 11.5 Å². The molecule has 0 saturated carbocycles. The molecule has 3 aliphatic rings. The number of ether oxygens (including phenoxy) is 3. The predicted molar refractivity (Wildman–Crippen MR) is 156 cm³/mol. The van der Waals surface area contributed by atoms with Crippen LogP contribution >= 0.6 is 11.3 Å². The maximum atomic E-state index is 14.4. The number of hydrogen-bond donors (Lipinski definition) is 0. The van der Waals surface area contributed by atoms with Crippen molar-refractivity contribution in [2.45, 2.75) is 26.4 Å². The number of anilines is 1. The molecular formula is C32H25N3O6S. The molecule has 0 radical (unpaired) electrons. The Morgan fingerprint density at radius 2 is 1.79 bits per heavy atom. The molecule has 0 bridgehead atoms. The summed E-state index contributed by atoms with van der Waals surface area (Å²) in [6, 6.07) is 21.7. The second-order valence-electron chi connectivity index (χ2n) is 10.0. The van der Waals surface area contributed by atoms with Crippen LogP contribution in [0.4, 0.5) is 5.69 Å². The van der Waals surface area contributed by atoms with Gasteiger partial charge in [0.2, 0.25) is 6.79 Å². The van der Waals surface area contributed by atoms with Crippen LogP contribution in [0.2, 0.25) is 0 Å². The molecule has 1 aromatic heterocycles. The van der Waals surface area contributed by atoms with Crippen molar-refractivity contribution in [3.05, 3.63) is 120 Å². The maximum Gasteiger partial charge on any atom is 0.338 e. The number of allylic oxidation sites excluding steroid dienone is 1. The van der Waals surface area contributed by atoms with Crippen molar-refractivity contribution in [2.24, 2.45) is 4.99 Å². The molecule has 42 heavy (non-hydrogen) atoms. The lowest BCUT2D eigenvalue weighted by Crippen LogP contribution is -2.41. The van der Waals surface area contributed by atoms with E-state index in [1.165, 1.54) is 4.57 Å². The third kappa shape index (κ3) is 4.06. The smallest absolute Gasteiger partial charge is 0.338 e. The summed E-state index contributed by atoms with van der Waals surface area (Å²) in [5.74, 6) is 0.284. The number of fused-ring (bicyclic) bond motifs is 3. The summed E-state index contributed by atoms with van der Waals surface area (Å²) in [6.45, 7) is 4.07. The first kappa shape index (κ1) is 26.0. The van der Waals surface area contributed by atoms with Gasteiger partial charge in [0, 0.05) is 5.56 Å². The van der Waals surface area contributed by atoms with E-state index in [9.17, 15) is 14.4 Å². The molecule has 0 N–H and O–H groups in total. The highest BCUT2D eigenvalue weighted by Crippen LogP contribution is 2.39. The molecule has 1 amide bonds. The summed E-state index contributed by atoms with van der Waals surface area (Å²) in [4.78, 5) is 48.4. The Bertz CT molecular complexity index is 1990. The first-order valence-electron chi connectivity index (χ1n) is 13.5. The first-order chi connectivity index (χ1) is 20.5. The molecule has 210 valence electrons. The van der Waals surface area contributed by atoms with Gasteiger partial charge in [-0.1, -0.05) is 65.9 Å². The van der Waals surface area contributed by atoms with Crippen LogP contribution in [0, 0.1) is 0 Å². The predicted octanol–water partition coefficient (Wildman–Crippen LogP) is 3.44. The highest BCUT2D eigenvalue weighted by molar-refractivity contribution is 7.07. The third-order valence-corrected chi connectivity index (χ3v) is 8.59. The SMILES string of the molecule is CCOC(=O)C1=C(C)N=c2s/c(=C3\C(=O)N(Cc4ccccc4)c4ccccc43)c(=O)n2[C@H]1c1ccc2c(c1)OCO2. The Balaban J connectivity index is 1.44. The van der Waals surface area contributed by atoms with E-state index in [1.807, 2.05) is 54.6 Å². The van der Waals surface area contributed by atoms with Gasteiger partial charge >= 0.3 is 5.97 Å². The zero-order chi connectivity index (χ0) is 29.0.